The highest BCUT2D eigenvalue weighted by Crippen LogP contribution is 2.28. The first-order valence-corrected chi connectivity index (χ1v) is 7.54. The van der Waals surface area contributed by atoms with Crippen LogP contribution >= 0.6 is 0 Å². The summed E-state index contributed by atoms with van der Waals surface area (Å²) in [5, 5.41) is 0. The Kier molecular flexibility index (Phi) is 8.25. The van der Waals surface area contributed by atoms with E-state index in [1.807, 2.05) is 4.90 Å². The average molecular weight is 256 g/mol. The van der Waals surface area contributed by atoms with Crippen LogP contribution in [-0.2, 0) is 4.79 Å². The summed E-state index contributed by atoms with van der Waals surface area (Å²) < 4.78 is 0. The Hall–Kier alpha value is -0.570. The fraction of sp³-hybridized carbons (Fsp3) is 0.933. The molecular formula is C15H32N2O. The maximum Gasteiger partial charge on any atom is 0.230 e. The second kappa shape index (κ2) is 8.52. The highest BCUT2D eigenvalue weighted by molar-refractivity contribution is 5.83. The van der Waals surface area contributed by atoms with Crippen molar-refractivity contribution in [2.24, 2.45) is 17.1 Å². The number of hydrogen-bond donors (Lipinski definition) is 1. The molecule has 2 N–H and O–H groups in total. The molecule has 0 aliphatic heterocycles. The molecule has 18 heavy (non-hydrogen) atoms. The van der Waals surface area contributed by atoms with Gasteiger partial charge in [-0.05, 0) is 25.7 Å². The lowest BCUT2D eigenvalue weighted by atomic mass is 9.80. The van der Waals surface area contributed by atoms with E-state index in [0.29, 0.717) is 12.5 Å². The number of nitrogens with two attached hydrogens (primary N) is 1. The minimum atomic E-state index is -0.345. The molecule has 0 bridgehead atoms. The molecule has 3 nitrogen and oxygen atoms in total. The van der Waals surface area contributed by atoms with Crippen molar-refractivity contribution in [1.29, 1.82) is 0 Å². The van der Waals surface area contributed by atoms with Gasteiger partial charge < -0.3 is 10.6 Å². The number of carbonyl (C=O) groups excluding carboxylic acids is 1. The molecule has 0 aromatic heterocycles. The quantitative estimate of drug-likeness (QED) is 0.689. The molecule has 0 aromatic rings. The van der Waals surface area contributed by atoms with E-state index in [9.17, 15) is 4.79 Å². The minimum Gasteiger partial charge on any atom is -0.342 e. The molecular weight excluding hydrogens is 224 g/mol. The van der Waals surface area contributed by atoms with Crippen molar-refractivity contribution in [2.75, 3.05) is 19.6 Å². The molecule has 0 aliphatic rings. The van der Waals surface area contributed by atoms with E-state index in [1.165, 1.54) is 0 Å². The predicted molar refractivity (Wildman–Crippen MR) is 78.4 cm³/mol. The van der Waals surface area contributed by atoms with E-state index in [4.69, 9.17) is 5.73 Å². The van der Waals surface area contributed by atoms with Gasteiger partial charge in [0, 0.05) is 19.6 Å². The predicted octanol–water partition coefficient (Wildman–Crippen LogP) is 3.04. The first-order chi connectivity index (χ1) is 8.54. The molecule has 0 heterocycles. The van der Waals surface area contributed by atoms with E-state index in [2.05, 4.69) is 34.6 Å². The van der Waals surface area contributed by atoms with Crippen LogP contribution in [0.4, 0.5) is 0 Å². The molecule has 0 fully saturated rings. The topological polar surface area (TPSA) is 46.3 Å². The van der Waals surface area contributed by atoms with Crippen molar-refractivity contribution >= 4 is 5.91 Å². The highest BCUT2D eigenvalue weighted by Gasteiger charge is 2.36. The summed E-state index contributed by atoms with van der Waals surface area (Å²) in [6, 6.07) is 0. The largest absolute Gasteiger partial charge is 0.342 e. The zero-order chi connectivity index (χ0) is 14.2. The smallest absolute Gasteiger partial charge is 0.230 e. The van der Waals surface area contributed by atoms with Crippen molar-refractivity contribution in [3.8, 4) is 0 Å². The first-order valence-electron chi connectivity index (χ1n) is 7.54. The molecule has 0 aromatic carbocycles. The standard InChI is InChI=1S/C15H32N2O/c1-6-13(7-2)11-17(10-5)14(18)15(8-3,9-4)12-16/h13H,6-12,16H2,1-5H3. The van der Waals surface area contributed by atoms with Crippen LogP contribution in [0.25, 0.3) is 0 Å². The number of carbonyl (C=O) groups is 1. The van der Waals surface area contributed by atoms with Crippen molar-refractivity contribution in [3.05, 3.63) is 0 Å². The lowest BCUT2D eigenvalue weighted by Crippen LogP contribution is -2.48. The number of hydrogen-bond acceptors (Lipinski definition) is 2. The van der Waals surface area contributed by atoms with E-state index < -0.39 is 0 Å². The summed E-state index contributed by atoms with van der Waals surface area (Å²) in [5.41, 5.74) is 5.53. The normalized spacial score (nSPS) is 11.9. The number of nitrogens with zero attached hydrogens (tertiary/aromatic N) is 1. The maximum absolute atomic E-state index is 12.7. The first kappa shape index (κ1) is 17.4. The Labute approximate surface area is 113 Å². The summed E-state index contributed by atoms with van der Waals surface area (Å²) in [6.07, 6.45) is 3.93. The molecule has 0 saturated carbocycles. The van der Waals surface area contributed by atoms with Gasteiger partial charge in [0.2, 0.25) is 5.91 Å². The van der Waals surface area contributed by atoms with Gasteiger partial charge in [0.05, 0.1) is 5.41 Å². The van der Waals surface area contributed by atoms with Gasteiger partial charge in [0.1, 0.15) is 0 Å². The Morgan fingerprint density at radius 2 is 1.61 bits per heavy atom. The fourth-order valence-electron chi connectivity index (χ4n) is 2.48. The minimum absolute atomic E-state index is 0.254. The van der Waals surface area contributed by atoms with Crippen LogP contribution in [0.2, 0.25) is 0 Å². The number of rotatable bonds is 9. The second-order valence-corrected chi connectivity index (χ2v) is 5.22. The van der Waals surface area contributed by atoms with Crippen molar-refractivity contribution in [3.63, 3.8) is 0 Å². The van der Waals surface area contributed by atoms with Gasteiger partial charge in [0.15, 0.2) is 0 Å². The second-order valence-electron chi connectivity index (χ2n) is 5.22. The van der Waals surface area contributed by atoms with Gasteiger partial charge in [-0.25, -0.2) is 0 Å². The van der Waals surface area contributed by atoms with E-state index in [-0.39, 0.29) is 11.3 Å². The third-order valence-corrected chi connectivity index (χ3v) is 4.50. The summed E-state index contributed by atoms with van der Waals surface area (Å²) >= 11 is 0. The summed E-state index contributed by atoms with van der Waals surface area (Å²) in [6.45, 7) is 12.7. The third-order valence-electron chi connectivity index (χ3n) is 4.50. The Morgan fingerprint density at radius 1 is 1.11 bits per heavy atom. The Bertz CT molecular complexity index is 224. The lowest BCUT2D eigenvalue weighted by Gasteiger charge is -2.36. The van der Waals surface area contributed by atoms with Crippen LogP contribution < -0.4 is 5.73 Å². The van der Waals surface area contributed by atoms with E-state index in [1.54, 1.807) is 0 Å². The molecule has 0 radical (unpaired) electrons. The van der Waals surface area contributed by atoms with Gasteiger partial charge >= 0.3 is 0 Å². The van der Waals surface area contributed by atoms with Crippen LogP contribution in [0.5, 0.6) is 0 Å². The molecule has 0 unspecified atom stereocenters. The van der Waals surface area contributed by atoms with Crippen LogP contribution in [-0.4, -0.2) is 30.4 Å². The van der Waals surface area contributed by atoms with Crippen molar-refractivity contribution < 1.29 is 4.79 Å². The summed E-state index contributed by atoms with van der Waals surface area (Å²) in [5.74, 6) is 0.863. The van der Waals surface area contributed by atoms with Gasteiger partial charge in [-0.3, -0.25) is 4.79 Å². The molecule has 0 saturated heterocycles. The van der Waals surface area contributed by atoms with Gasteiger partial charge in [-0.15, -0.1) is 0 Å². The van der Waals surface area contributed by atoms with Gasteiger partial charge in [-0.1, -0.05) is 40.5 Å². The zero-order valence-corrected chi connectivity index (χ0v) is 13.0. The number of amides is 1. The van der Waals surface area contributed by atoms with E-state index >= 15 is 0 Å². The SMILES string of the molecule is CCC(CC)CN(CC)C(=O)C(CC)(CC)CN. The molecule has 0 aliphatic carbocycles. The average Bonchev–Trinajstić information content (AvgIpc) is 2.42. The summed E-state index contributed by atoms with van der Waals surface area (Å²) in [7, 11) is 0. The van der Waals surface area contributed by atoms with E-state index in [0.717, 1.165) is 38.8 Å². The molecule has 108 valence electrons. The summed E-state index contributed by atoms with van der Waals surface area (Å²) in [4.78, 5) is 14.7. The van der Waals surface area contributed by atoms with Crippen molar-refractivity contribution in [1.82, 2.24) is 4.90 Å². The monoisotopic (exact) mass is 256 g/mol. The lowest BCUT2D eigenvalue weighted by molar-refractivity contribution is -0.142. The molecule has 0 spiro atoms. The fourth-order valence-corrected chi connectivity index (χ4v) is 2.48. The molecule has 3 heteroatoms. The van der Waals surface area contributed by atoms with Crippen LogP contribution in [0.15, 0.2) is 0 Å². The van der Waals surface area contributed by atoms with Crippen molar-refractivity contribution in [2.45, 2.75) is 60.3 Å². The van der Waals surface area contributed by atoms with Crippen LogP contribution in [0.1, 0.15) is 60.3 Å². The highest BCUT2D eigenvalue weighted by atomic mass is 16.2. The van der Waals surface area contributed by atoms with Crippen LogP contribution in [0, 0.1) is 11.3 Å². The van der Waals surface area contributed by atoms with Crippen LogP contribution in [0.3, 0.4) is 0 Å². The zero-order valence-electron chi connectivity index (χ0n) is 13.0. The van der Waals surface area contributed by atoms with Gasteiger partial charge in [0.25, 0.3) is 0 Å². The maximum atomic E-state index is 12.7. The van der Waals surface area contributed by atoms with Gasteiger partial charge in [-0.2, -0.15) is 0 Å². The Morgan fingerprint density at radius 3 is 1.89 bits per heavy atom. The molecule has 1 amide bonds. The molecule has 0 rings (SSSR count). The third kappa shape index (κ3) is 3.98. The molecule has 0 atom stereocenters. The Balaban J connectivity index is 4.88.